The van der Waals surface area contributed by atoms with E-state index in [0.29, 0.717) is 25.6 Å². The van der Waals surface area contributed by atoms with Gasteiger partial charge in [-0.1, -0.05) is 13.8 Å². The van der Waals surface area contributed by atoms with Gasteiger partial charge in [0.1, 0.15) is 0 Å². The van der Waals surface area contributed by atoms with Gasteiger partial charge in [0, 0.05) is 0 Å². The van der Waals surface area contributed by atoms with Crippen LogP contribution >= 0.6 is 0 Å². The summed E-state index contributed by atoms with van der Waals surface area (Å²) in [6, 6.07) is 0. The van der Waals surface area contributed by atoms with Gasteiger partial charge in [0.2, 0.25) is 0 Å². The van der Waals surface area contributed by atoms with Gasteiger partial charge in [-0.15, -0.1) is 0 Å². The van der Waals surface area contributed by atoms with E-state index in [2.05, 4.69) is 0 Å². The lowest BCUT2D eigenvalue weighted by Crippen LogP contribution is -2.53. The number of rotatable bonds is 2. The Labute approximate surface area is 72.1 Å². The second-order valence-corrected chi connectivity index (χ2v) is 3.53. The molecule has 4 nitrogen and oxygen atoms in total. The number of hydrogen-bond acceptors (Lipinski definition) is 3. The first kappa shape index (κ1) is 9.32. The molecular weight excluding hydrogens is 158 g/mol. The number of carbonyl (C=O) groups is 1. The Hall–Kier alpha value is -0.770. The van der Waals surface area contributed by atoms with E-state index in [4.69, 9.17) is 9.84 Å². The highest BCUT2D eigenvalue weighted by Gasteiger charge is 2.29. The van der Waals surface area contributed by atoms with Gasteiger partial charge >= 0.3 is 6.09 Å². The normalized spacial score (nSPS) is 17.8. The number of aliphatic hydroxyl groups is 1. The van der Waals surface area contributed by atoms with Gasteiger partial charge in [0.15, 0.2) is 0 Å². The molecule has 0 aliphatic carbocycles. The number of ether oxygens (including phenoxy) is 1. The maximum absolute atomic E-state index is 11.1. The van der Waals surface area contributed by atoms with Gasteiger partial charge in [-0.3, -0.25) is 0 Å². The van der Waals surface area contributed by atoms with Crippen LogP contribution in [-0.4, -0.2) is 41.9 Å². The number of hydrogen-bond donors (Lipinski definition) is 1. The fourth-order valence-corrected chi connectivity index (χ4v) is 0.934. The first-order chi connectivity index (χ1) is 5.59. The number of amides is 1. The van der Waals surface area contributed by atoms with Crippen molar-refractivity contribution in [3.8, 4) is 0 Å². The molecule has 1 heterocycles. The number of nitrogens with zero attached hydrogens (tertiary/aromatic N) is 1. The summed E-state index contributed by atoms with van der Waals surface area (Å²) in [6.07, 6.45) is -0.661. The summed E-state index contributed by atoms with van der Waals surface area (Å²) in [7, 11) is 0. The van der Waals surface area contributed by atoms with Crippen LogP contribution in [0.3, 0.4) is 0 Å². The maximum atomic E-state index is 11.1. The summed E-state index contributed by atoms with van der Waals surface area (Å²) in [4.78, 5) is 12.6. The van der Waals surface area contributed by atoms with Crippen molar-refractivity contribution in [3.05, 3.63) is 0 Å². The first-order valence-corrected chi connectivity index (χ1v) is 4.19. The van der Waals surface area contributed by atoms with E-state index in [1.165, 1.54) is 4.90 Å². The molecule has 1 aliphatic rings. The van der Waals surface area contributed by atoms with Gasteiger partial charge < -0.3 is 14.7 Å². The molecule has 0 aromatic rings. The molecule has 0 unspecified atom stereocenters. The predicted octanol–water partition coefficient (Wildman–Crippen LogP) is 0.455. The highest BCUT2D eigenvalue weighted by molar-refractivity contribution is 5.68. The van der Waals surface area contributed by atoms with Crippen molar-refractivity contribution < 1.29 is 14.6 Å². The summed E-state index contributed by atoms with van der Waals surface area (Å²) in [5, 5.41) is 8.90. The molecule has 1 N–H and O–H groups in total. The summed E-state index contributed by atoms with van der Waals surface area (Å²) in [5.41, 5.74) is 0. The third-order valence-corrected chi connectivity index (χ3v) is 1.66. The average Bonchev–Trinajstić information content (AvgIpc) is 1.94. The maximum Gasteiger partial charge on any atom is 0.409 e. The van der Waals surface area contributed by atoms with Crippen LogP contribution in [0.4, 0.5) is 4.79 Å². The van der Waals surface area contributed by atoms with E-state index in [-0.39, 0.29) is 12.2 Å². The molecule has 0 saturated carbocycles. The predicted molar refractivity (Wildman–Crippen MR) is 43.8 cm³/mol. The van der Waals surface area contributed by atoms with Crippen LogP contribution in [0.2, 0.25) is 0 Å². The van der Waals surface area contributed by atoms with Crippen LogP contribution in [0.15, 0.2) is 0 Å². The van der Waals surface area contributed by atoms with Gasteiger partial charge in [0.25, 0.3) is 0 Å². The van der Waals surface area contributed by atoms with Crippen molar-refractivity contribution in [2.75, 3.05) is 19.7 Å². The third-order valence-electron chi connectivity index (χ3n) is 1.66. The second-order valence-electron chi connectivity index (χ2n) is 3.53. The van der Waals surface area contributed by atoms with Crippen LogP contribution in [0, 0.1) is 5.92 Å². The molecule has 70 valence electrons. The molecule has 0 aromatic heterocycles. The Kier molecular flexibility index (Phi) is 2.92. The minimum absolute atomic E-state index is 0.311. The number of β-amino-alcohol motifs (C(OH)–C–C–N with tert-alkyl or cyclic N) is 1. The van der Waals surface area contributed by atoms with Crippen LogP contribution in [0.25, 0.3) is 0 Å². The zero-order valence-corrected chi connectivity index (χ0v) is 7.49. The standard InChI is InChI=1S/C8H15NO3/c1-6(2)5-12-8(11)9-3-7(10)4-9/h6-7,10H,3-5H2,1-2H3. The number of likely N-dealkylation sites (tertiary alicyclic amines) is 1. The molecule has 12 heavy (non-hydrogen) atoms. The van der Waals surface area contributed by atoms with Crippen molar-refractivity contribution in [1.82, 2.24) is 4.90 Å². The quantitative estimate of drug-likeness (QED) is 0.659. The van der Waals surface area contributed by atoms with E-state index < -0.39 is 0 Å². The lowest BCUT2D eigenvalue weighted by Gasteiger charge is -2.34. The Morgan fingerprint density at radius 3 is 2.67 bits per heavy atom. The second kappa shape index (κ2) is 3.76. The van der Waals surface area contributed by atoms with Gasteiger partial charge in [-0.2, -0.15) is 0 Å². The molecule has 4 heteroatoms. The van der Waals surface area contributed by atoms with Crippen molar-refractivity contribution in [1.29, 1.82) is 0 Å². The lowest BCUT2D eigenvalue weighted by molar-refractivity contribution is -0.00448. The molecular formula is C8H15NO3. The molecule has 1 rings (SSSR count). The summed E-state index contributed by atoms with van der Waals surface area (Å²) in [6.45, 7) is 5.25. The van der Waals surface area contributed by atoms with Crippen LogP contribution < -0.4 is 0 Å². The smallest absolute Gasteiger partial charge is 0.409 e. The minimum Gasteiger partial charge on any atom is -0.449 e. The molecule has 1 fully saturated rings. The number of carbonyl (C=O) groups excluding carboxylic acids is 1. The molecule has 0 bridgehead atoms. The van der Waals surface area contributed by atoms with Gasteiger partial charge in [0.05, 0.1) is 25.8 Å². The first-order valence-electron chi connectivity index (χ1n) is 4.19. The minimum atomic E-state index is -0.350. The van der Waals surface area contributed by atoms with E-state index in [9.17, 15) is 4.79 Å². The Morgan fingerprint density at radius 1 is 1.67 bits per heavy atom. The Morgan fingerprint density at radius 2 is 2.25 bits per heavy atom. The van der Waals surface area contributed by atoms with E-state index in [1.54, 1.807) is 0 Å². The van der Waals surface area contributed by atoms with Gasteiger partial charge in [-0.05, 0) is 5.92 Å². The fraction of sp³-hybridized carbons (Fsp3) is 0.875. The highest BCUT2D eigenvalue weighted by Crippen LogP contribution is 2.09. The summed E-state index contributed by atoms with van der Waals surface area (Å²) in [5.74, 6) is 0.361. The monoisotopic (exact) mass is 173 g/mol. The third kappa shape index (κ3) is 2.37. The zero-order chi connectivity index (χ0) is 9.14. The summed E-state index contributed by atoms with van der Waals surface area (Å²) < 4.78 is 4.93. The largest absolute Gasteiger partial charge is 0.449 e. The SMILES string of the molecule is CC(C)COC(=O)N1CC(O)C1. The Balaban J connectivity index is 2.13. The topological polar surface area (TPSA) is 49.8 Å². The lowest BCUT2D eigenvalue weighted by atomic mass is 10.2. The molecule has 1 saturated heterocycles. The van der Waals surface area contributed by atoms with Crippen LogP contribution in [0.1, 0.15) is 13.8 Å². The van der Waals surface area contributed by atoms with Crippen molar-refractivity contribution in [3.63, 3.8) is 0 Å². The molecule has 0 spiro atoms. The molecule has 0 radical (unpaired) electrons. The van der Waals surface area contributed by atoms with E-state index in [1.807, 2.05) is 13.8 Å². The van der Waals surface area contributed by atoms with Crippen molar-refractivity contribution in [2.24, 2.45) is 5.92 Å². The summed E-state index contributed by atoms with van der Waals surface area (Å²) >= 11 is 0. The van der Waals surface area contributed by atoms with Gasteiger partial charge in [-0.25, -0.2) is 4.79 Å². The van der Waals surface area contributed by atoms with Crippen LogP contribution in [-0.2, 0) is 4.74 Å². The van der Waals surface area contributed by atoms with E-state index >= 15 is 0 Å². The Bertz CT molecular complexity index is 164. The van der Waals surface area contributed by atoms with Crippen molar-refractivity contribution >= 4 is 6.09 Å². The fourth-order valence-electron chi connectivity index (χ4n) is 0.934. The molecule has 1 amide bonds. The molecule has 0 atom stereocenters. The number of aliphatic hydroxyl groups excluding tert-OH is 1. The van der Waals surface area contributed by atoms with Crippen molar-refractivity contribution in [2.45, 2.75) is 20.0 Å². The average molecular weight is 173 g/mol. The zero-order valence-electron chi connectivity index (χ0n) is 7.49. The highest BCUT2D eigenvalue weighted by atomic mass is 16.6. The van der Waals surface area contributed by atoms with E-state index in [0.717, 1.165) is 0 Å². The molecule has 0 aromatic carbocycles. The molecule has 1 aliphatic heterocycles. The van der Waals surface area contributed by atoms with Crippen LogP contribution in [0.5, 0.6) is 0 Å².